The normalized spacial score (nSPS) is 11.5. The van der Waals surface area contributed by atoms with Gasteiger partial charge in [-0.15, -0.1) is 0 Å². The van der Waals surface area contributed by atoms with Crippen LogP contribution in [0.4, 0.5) is 4.39 Å². The maximum absolute atomic E-state index is 13.4. The number of nitrogens with zero attached hydrogens (tertiary/aromatic N) is 5. The zero-order chi connectivity index (χ0) is 19.6. The average molecular weight is 381 g/mol. The van der Waals surface area contributed by atoms with Crippen molar-refractivity contribution in [1.29, 1.82) is 0 Å². The van der Waals surface area contributed by atoms with E-state index in [2.05, 4.69) is 10.1 Å². The van der Waals surface area contributed by atoms with Crippen LogP contribution in [0.5, 0.6) is 0 Å². The van der Waals surface area contributed by atoms with Crippen LogP contribution in [0.2, 0.25) is 0 Å². The Balaban J connectivity index is 1.60. The molecule has 0 fully saturated rings. The number of para-hydroxylation sites is 3. The van der Waals surface area contributed by atoms with Crippen LogP contribution in [0.3, 0.4) is 0 Å². The van der Waals surface area contributed by atoms with E-state index >= 15 is 0 Å². The molecule has 5 rings (SSSR count). The summed E-state index contributed by atoms with van der Waals surface area (Å²) in [7, 11) is 0. The minimum Gasteiger partial charge on any atom is -0.240 e. The Morgan fingerprint density at radius 2 is 1.62 bits per heavy atom. The molecule has 2 aromatic heterocycles. The molecule has 0 aliphatic carbocycles. The van der Waals surface area contributed by atoms with Crippen LogP contribution in [-0.4, -0.2) is 25.7 Å². The summed E-state index contributed by atoms with van der Waals surface area (Å²) in [6.07, 6.45) is 5.34. The number of halogens is 1. The quantitative estimate of drug-likeness (QED) is 0.415. The van der Waals surface area contributed by atoms with Crippen molar-refractivity contribution in [1.82, 2.24) is 19.4 Å². The van der Waals surface area contributed by atoms with Gasteiger partial charge in [0.2, 0.25) is 0 Å². The van der Waals surface area contributed by atoms with E-state index < -0.39 is 0 Å². The van der Waals surface area contributed by atoms with Crippen molar-refractivity contribution in [2.75, 3.05) is 0 Å². The van der Waals surface area contributed by atoms with Gasteiger partial charge in [-0.1, -0.05) is 30.3 Å². The first-order valence-corrected chi connectivity index (χ1v) is 9.15. The van der Waals surface area contributed by atoms with E-state index in [0.717, 1.165) is 33.5 Å². The van der Waals surface area contributed by atoms with Gasteiger partial charge in [-0.05, 0) is 48.5 Å². The van der Waals surface area contributed by atoms with Gasteiger partial charge < -0.3 is 0 Å². The molecule has 0 saturated heterocycles. The highest BCUT2D eigenvalue weighted by molar-refractivity contribution is 5.89. The predicted octanol–water partition coefficient (Wildman–Crippen LogP) is 4.91. The summed E-state index contributed by atoms with van der Waals surface area (Å²) in [5.74, 6) is -0.281. The van der Waals surface area contributed by atoms with Crippen molar-refractivity contribution >= 4 is 17.2 Å². The Morgan fingerprint density at radius 3 is 2.45 bits per heavy atom. The van der Waals surface area contributed by atoms with Gasteiger partial charge in [0.05, 0.1) is 22.9 Å². The predicted molar refractivity (Wildman–Crippen MR) is 112 cm³/mol. The molecule has 2 heterocycles. The zero-order valence-corrected chi connectivity index (χ0v) is 15.4. The van der Waals surface area contributed by atoms with Gasteiger partial charge in [-0.25, -0.2) is 18.7 Å². The lowest BCUT2D eigenvalue weighted by atomic mass is 10.1. The molecule has 0 N–H and O–H groups in total. The Bertz CT molecular complexity index is 1300. The van der Waals surface area contributed by atoms with E-state index in [1.165, 1.54) is 12.1 Å². The van der Waals surface area contributed by atoms with Gasteiger partial charge >= 0.3 is 0 Å². The third-order valence-electron chi connectivity index (χ3n) is 4.64. The van der Waals surface area contributed by atoms with Crippen molar-refractivity contribution in [3.8, 4) is 16.9 Å². The molecule has 0 spiro atoms. The third kappa shape index (κ3) is 3.32. The summed E-state index contributed by atoms with van der Waals surface area (Å²) in [4.78, 5) is 4.36. The van der Waals surface area contributed by atoms with Gasteiger partial charge in [0.1, 0.15) is 17.8 Å². The molecule has 0 aliphatic heterocycles. The van der Waals surface area contributed by atoms with E-state index in [1.807, 2.05) is 60.8 Å². The van der Waals surface area contributed by atoms with Crippen molar-refractivity contribution in [3.63, 3.8) is 0 Å². The van der Waals surface area contributed by atoms with Crippen LogP contribution in [0.1, 0.15) is 5.56 Å². The molecule has 0 aliphatic rings. The van der Waals surface area contributed by atoms with Crippen molar-refractivity contribution in [2.45, 2.75) is 0 Å². The summed E-state index contributed by atoms with van der Waals surface area (Å²) < 4.78 is 16.9. The standard InChI is InChI=1S/C23H16FN5/c24-19-12-10-17(11-13-19)23-18(15-28(27-23)20-6-2-1-3-7-20)14-26-29-16-25-21-8-4-5-9-22(21)29/h1-16H/b26-14-. The molecule has 0 atom stereocenters. The average Bonchev–Trinajstić information content (AvgIpc) is 3.38. The maximum Gasteiger partial charge on any atom is 0.123 e. The number of imidazole rings is 1. The first-order valence-electron chi connectivity index (χ1n) is 9.15. The monoisotopic (exact) mass is 381 g/mol. The lowest BCUT2D eigenvalue weighted by molar-refractivity contribution is 0.628. The fraction of sp³-hybridized carbons (Fsp3) is 0. The van der Waals surface area contributed by atoms with Gasteiger partial charge in [-0.3, -0.25) is 0 Å². The maximum atomic E-state index is 13.4. The third-order valence-corrected chi connectivity index (χ3v) is 4.64. The number of rotatable bonds is 4. The molecule has 6 heteroatoms. The number of aromatic nitrogens is 4. The van der Waals surface area contributed by atoms with Gasteiger partial charge in [0.25, 0.3) is 0 Å². The molecule has 5 aromatic rings. The molecular formula is C23H16FN5. The minimum absolute atomic E-state index is 0.281. The highest BCUT2D eigenvalue weighted by Gasteiger charge is 2.11. The van der Waals surface area contributed by atoms with Crippen molar-refractivity contribution in [2.24, 2.45) is 5.10 Å². The van der Waals surface area contributed by atoms with E-state index in [4.69, 9.17) is 5.10 Å². The van der Waals surface area contributed by atoms with Gasteiger partial charge in [0.15, 0.2) is 0 Å². The molecule has 140 valence electrons. The number of fused-ring (bicyclic) bond motifs is 1. The smallest absolute Gasteiger partial charge is 0.123 e. The number of hydrogen-bond donors (Lipinski definition) is 0. The highest BCUT2D eigenvalue weighted by atomic mass is 19.1. The summed E-state index contributed by atoms with van der Waals surface area (Å²) in [5, 5.41) is 9.30. The lowest BCUT2D eigenvalue weighted by Crippen LogP contribution is -1.94. The van der Waals surface area contributed by atoms with E-state index in [-0.39, 0.29) is 5.82 Å². The summed E-state index contributed by atoms with van der Waals surface area (Å²) >= 11 is 0. The summed E-state index contributed by atoms with van der Waals surface area (Å²) in [5.41, 5.74) is 5.09. The second-order valence-electron chi connectivity index (χ2n) is 6.54. The zero-order valence-electron chi connectivity index (χ0n) is 15.4. The molecule has 0 unspecified atom stereocenters. The molecule has 5 nitrogen and oxygen atoms in total. The van der Waals surface area contributed by atoms with Gasteiger partial charge in [0, 0.05) is 17.3 Å². The number of hydrogen-bond acceptors (Lipinski definition) is 3. The Labute approximate surface area is 166 Å². The number of benzene rings is 3. The molecule has 29 heavy (non-hydrogen) atoms. The van der Waals surface area contributed by atoms with Crippen LogP contribution in [0.15, 0.2) is 96.5 Å². The lowest BCUT2D eigenvalue weighted by Gasteiger charge is -2.00. The Morgan fingerprint density at radius 1 is 0.862 bits per heavy atom. The van der Waals surface area contributed by atoms with Crippen LogP contribution >= 0.6 is 0 Å². The van der Waals surface area contributed by atoms with E-state index in [1.54, 1.807) is 34.0 Å². The second kappa shape index (κ2) is 7.16. The van der Waals surface area contributed by atoms with Crippen molar-refractivity contribution < 1.29 is 4.39 Å². The van der Waals surface area contributed by atoms with Crippen molar-refractivity contribution in [3.05, 3.63) is 103 Å². The molecule has 0 amide bonds. The fourth-order valence-corrected chi connectivity index (χ4v) is 3.19. The largest absolute Gasteiger partial charge is 0.240 e. The van der Waals surface area contributed by atoms with Crippen LogP contribution in [0, 0.1) is 5.82 Å². The molecule has 3 aromatic carbocycles. The van der Waals surface area contributed by atoms with E-state index in [9.17, 15) is 4.39 Å². The summed E-state index contributed by atoms with van der Waals surface area (Å²) in [6.45, 7) is 0. The summed E-state index contributed by atoms with van der Waals surface area (Å²) in [6, 6.07) is 23.9. The minimum atomic E-state index is -0.281. The molecule has 0 bridgehead atoms. The highest BCUT2D eigenvalue weighted by Crippen LogP contribution is 2.23. The topological polar surface area (TPSA) is 48.0 Å². The van der Waals surface area contributed by atoms with Crippen LogP contribution in [0.25, 0.3) is 28.0 Å². The van der Waals surface area contributed by atoms with Gasteiger partial charge in [-0.2, -0.15) is 10.2 Å². The molecular weight excluding hydrogens is 365 g/mol. The fourth-order valence-electron chi connectivity index (χ4n) is 3.19. The molecule has 0 radical (unpaired) electrons. The Hall–Kier alpha value is -4.06. The van der Waals surface area contributed by atoms with Crippen LogP contribution < -0.4 is 0 Å². The first kappa shape index (κ1) is 17.1. The van der Waals surface area contributed by atoms with Crippen LogP contribution in [-0.2, 0) is 0 Å². The second-order valence-corrected chi connectivity index (χ2v) is 6.54. The Kier molecular flexibility index (Phi) is 4.22. The van der Waals surface area contributed by atoms with E-state index in [0.29, 0.717) is 0 Å². The SMILES string of the molecule is Fc1ccc(-c2nn(-c3ccccc3)cc2/C=N\n2cnc3ccccc32)cc1. The first-order chi connectivity index (χ1) is 14.3. The molecule has 0 saturated carbocycles.